The Morgan fingerprint density at radius 1 is 1.20 bits per heavy atom. The zero-order valence-corrected chi connectivity index (χ0v) is 20.4. The van der Waals surface area contributed by atoms with Gasteiger partial charge in [0.25, 0.3) is 0 Å². The first-order valence-electron chi connectivity index (χ1n) is 10.2. The fourth-order valence-corrected chi connectivity index (χ4v) is 5.58. The number of carbonyl (C=O) groups excluding carboxylic acids is 1. The van der Waals surface area contributed by atoms with E-state index < -0.39 is 5.41 Å². The van der Waals surface area contributed by atoms with Crippen molar-refractivity contribution in [1.82, 2.24) is 0 Å². The maximum atomic E-state index is 13.0. The second-order valence-electron chi connectivity index (χ2n) is 9.21. The fourth-order valence-electron chi connectivity index (χ4n) is 3.72. The first-order valence-corrected chi connectivity index (χ1v) is 11.8. The van der Waals surface area contributed by atoms with Crippen molar-refractivity contribution in [3.63, 3.8) is 0 Å². The normalized spacial score (nSPS) is 21.0. The van der Waals surface area contributed by atoms with Crippen LogP contribution in [-0.4, -0.2) is 23.7 Å². The molecule has 6 heteroatoms. The van der Waals surface area contributed by atoms with Gasteiger partial charge in [-0.25, -0.2) is 0 Å². The van der Waals surface area contributed by atoms with Gasteiger partial charge in [0, 0.05) is 33.9 Å². The smallest absolute Gasteiger partial charge is 0.232 e. The van der Waals surface area contributed by atoms with Gasteiger partial charge in [0.1, 0.15) is 0 Å². The maximum Gasteiger partial charge on any atom is 0.232 e. The predicted molar refractivity (Wildman–Crippen MR) is 128 cm³/mol. The number of aliphatic hydroxyl groups excluding tert-OH is 1. The van der Waals surface area contributed by atoms with E-state index in [4.69, 9.17) is 23.2 Å². The molecule has 3 rings (SSSR count). The molecule has 2 aromatic carbocycles. The summed E-state index contributed by atoms with van der Waals surface area (Å²) in [5.74, 6) is 0.203. The Kier molecular flexibility index (Phi) is 6.83. The van der Waals surface area contributed by atoms with Gasteiger partial charge in [0.2, 0.25) is 5.91 Å². The van der Waals surface area contributed by atoms with Gasteiger partial charge in [-0.1, -0.05) is 50.0 Å². The minimum absolute atomic E-state index is 0.0106. The topological polar surface area (TPSA) is 40.5 Å². The Morgan fingerprint density at radius 3 is 2.30 bits per heavy atom. The van der Waals surface area contributed by atoms with Crippen LogP contribution in [0.3, 0.4) is 0 Å². The van der Waals surface area contributed by atoms with Crippen LogP contribution in [0.15, 0.2) is 47.4 Å². The average Bonchev–Trinajstić information content (AvgIpc) is 3.38. The summed E-state index contributed by atoms with van der Waals surface area (Å²) in [6, 6.07) is 13.7. The lowest BCUT2D eigenvalue weighted by Crippen LogP contribution is -2.44. The van der Waals surface area contributed by atoms with Crippen molar-refractivity contribution in [1.29, 1.82) is 0 Å². The Balaban J connectivity index is 1.96. The van der Waals surface area contributed by atoms with Gasteiger partial charge >= 0.3 is 0 Å². The van der Waals surface area contributed by atoms with Crippen molar-refractivity contribution in [3.8, 4) is 0 Å². The fraction of sp³-hybridized carbons (Fsp3) is 0.458. The Bertz CT molecular complexity index is 924. The lowest BCUT2D eigenvalue weighted by Gasteiger charge is -2.33. The van der Waals surface area contributed by atoms with Gasteiger partial charge < -0.3 is 10.0 Å². The van der Waals surface area contributed by atoms with Crippen LogP contribution in [0.25, 0.3) is 0 Å². The third-order valence-corrected chi connectivity index (χ3v) is 7.62. The van der Waals surface area contributed by atoms with Gasteiger partial charge in [-0.3, -0.25) is 4.79 Å². The second kappa shape index (κ2) is 8.74. The van der Waals surface area contributed by atoms with Crippen LogP contribution in [0, 0.1) is 11.3 Å². The number of carbonyl (C=O) groups is 1. The van der Waals surface area contributed by atoms with Crippen molar-refractivity contribution in [3.05, 3.63) is 58.1 Å². The van der Waals surface area contributed by atoms with E-state index in [1.165, 1.54) is 0 Å². The number of anilines is 1. The highest BCUT2D eigenvalue weighted by Crippen LogP contribution is 2.64. The summed E-state index contributed by atoms with van der Waals surface area (Å²) in [5.41, 5.74) is 1.29. The standard InChI is InChI=1S/C24H29Cl2NO2S/c1-15(2)27(22(29)23(3,4)5)21-11-6-16(12-20(21)26)24(13-17(24)14-28)30-19-9-7-18(25)8-10-19/h6-12,15,17,28H,13-14H2,1-5H3. The quantitative estimate of drug-likeness (QED) is 0.510. The number of rotatable bonds is 6. The van der Waals surface area contributed by atoms with E-state index in [1.807, 2.05) is 77.1 Å². The molecule has 162 valence electrons. The third-order valence-electron chi connectivity index (χ3n) is 5.46. The molecule has 30 heavy (non-hydrogen) atoms. The first kappa shape index (κ1) is 23.5. The molecule has 1 N–H and O–H groups in total. The first-order chi connectivity index (χ1) is 14.0. The Morgan fingerprint density at radius 2 is 1.83 bits per heavy atom. The van der Waals surface area contributed by atoms with Gasteiger partial charge in [0.15, 0.2) is 0 Å². The zero-order chi connectivity index (χ0) is 22.3. The van der Waals surface area contributed by atoms with Gasteiger partial charge in [0.05, 0.1) is 15.5 Å². The van der Waals surface area contributed by atoms with Crippen LogP contribution < -0.4 is 4.90 Å². The van der Waals surface area contributed by atoms with E-state index in [9.17, 15) is 9.90 Å². The number of nitrogens with zero attached hydrogens (tertiary/aromatic N) is 1. The van der Waals surface area contributed by atoms with Crippen molar-refractivity contribution in [2.45, 2.75) is 56.7 Å². The molecule has 1 fully saturated rings. The molecule has 1 amide bonds. The Labute approximate surface area is 193 Å². The van der Waals surface area contributed by atoms with Gasteiger partial charge in [-0.15, -0.1) is 11.8 Å². The van der Waals surface area contributed by atoms with Crippen LogP contribution in [0.1, 0.15) is 46.6 Å². The van der Waals surface area contributed by atoms with Crippen molar-refractivity contribution in [2.24, 2.45) is 11.3 Å². The molecule has 2 aromatic rings. The third kappa shape index (κ3) is 4.67. The van der Waals surface area contributed by atoms with E-state index >= 15 is 0 Å². The van der Waals surface area contributed by atoms with Crippen LogP contribution in [0.2, 0.25) is 10.0 Å². The summed E-state index contributed by atoms with van der Waals surface area (Å²) in [5, 5.41) is 11.1. The molecule has 0 aromatic heterocycles. The maximum absolute atomic E-state index is 13.0. The summed E-state index contributed by atoms with van der Waals surface area (Å²) >= 11 is 14.5. The molecule has 1 aliphatic rings. The summed E-state index contributed by atoms with van der Waals surface area (Å²) < 4.78 is -0.221. The minimum atomic E-state index is -0.504. The Hall–Kier alpha value is -1.20. The highest BCUT2D eigenvalue weighted by atomic mass is 35.5. The largest absolute Gasteiger partial charge is 0.396 e. The number of hydrogen-bond acceptors (Lipinski definition) is 3. The summed E-state index contributed by atoms with van der Waals surface area (Å²) in [6.45, 7) is 9.87. The summed E-state index contributed by atoms with van der Waals surface area (Å²) in [4.78, 5) is 15.9. The molecule has 1 aliphatic carbocycles. The molecule has 0 bridgehead atoms. The second-order valence-corrected chi connectivity index (χ2v) is 11.5. The molecular formula is C24H29Cl2NO2S. The average molecular weight is 466 g/mol. The molecule has 0 saturated heterocycles. The zero-order valence-electron chi connectivity index (χ0n) is 18.1. The molecular weight excluding hydrogens is 437 g/mol. The van der Waals surface area contributed by atoms with Gasteiger partial charge in [-0.2, -0.15) is 0 Å². The van der Waals surface area contributed by atoms with E-state index in [1.54, 1.807) is 16.7 Å². The molecule has 2 unspecified atom stereocenters. The summed E-state index contributed by atoms with van der Waals surface area (Å²) in [6.07, 6.45) is 0.876. The summed E-state index contributed by atoms with van der Waals surface area (Å²) in [7, 11) is 0. The monoisotopic (exact) mass is 465 g/mol. The number of thioether (sulfide) groups is 1. The highest BCUT2D eigenvalue weighted by Gasteiger charge is 2.56. The number of benzene rings is 2. The molecule has 0 aliphatic heterocycles. The van der Waals surface area contributed by atoms with Crippen molar-refractivity contribution < 1.29 is 9.90 Å². The predicted octanol–water partition coefficient (Wildman–Crippen LogP) is 6.78. The van der Waals surface area contributed by atoms with Crippen LogP contribution in [-0.2, 0) is 9.54 Å². The van der Waals surface area contributed by atoms with Crippen LogP contribution >= 0.6 is 35.0 Å². The van der Waals surface area contributed by atoms with E-state index in [0.717, 1.165) is 22.6 Å². The number of hydrogen-bond donors (Lipinski definition) is 1. The van der Waals surface area contributed by atoms with Crippen molar-refractivity contribution in [2.75, 3.05) is 11.5 Å². The minimum Gasteiger partial charge on any atom is -0.396 e. The lowest BCUT2D eigenvalue weighted by molar-refractivity contribution is -0.126. The number of aliphatic hydroxyl groups is 1. The molecule has 2 atom stereocenters. The lowest BCUT2D eigenvalue weighted by atomic mass is 9.93. The van der Waals surface area contributed by atoms with Crippen LogP contribution in [0.5, 0.6) is 0 Å². The number of halogens is 2. The van der Waals surface area contributed by atoms with E-state index in [0.29, 0.717) is 10.0 Å². The van der Waals surface area contributed by atoms with Crippen LogP contribution in [0.4, 0.5) is 5.69 Å². The SMILES string of the molecule is CC(C)N(C(=O)C(C)(C)C)c1ccc(C2(Sc3ccc(Cl)cc3)CC2CO)cc1Cl. The van der Waals surface area contributed by atoms with Gasteiger partial charge in [-0.05, 0) is 62.2 Å². The van der Waals surface area contributed by atoms with Crippen molar-refractivity contribution >= 4 is 46.6 Å². The molecule has 1 saturated carbocycles. The van der Waals surface area contributed by atoms with E-state index in [2.05, 4.69) is 0 Å². The molecule has 0 spiro atoms. The number of amides is 1. The molecule has 0 heterocycles. The van der Waals surface area contributed by atoms with E-state index in [-0.39, 0.29) is 29.2 Å². The highest BCUT2D eigenvalue weighted by molar-refractivity contribution is 8.00. The molecule has 0 radical (unpaired) electrons. The molecule has 3 nitrogen and oxygen atoms in total.